The van der Waals surface area contributed by atoms with Crippen molar-refractivity contribution in [3.63, 3.8) is 0 Å². The first-order chi connectivity index (χ1) is 17.0. The van der Waals surface area contributed by atoms with E-state index in [9.17, 15) is 9.59 Å². The second-order valence-corrected chi connectivity index (χ2v) is 8.44. The molecule has 0 radical (unpaired) electrons. The average molecular weight is 481 g/mol. The highest BCUT2D eigenvalue weighted by Crippen LogP contribution is 2.32. The van der Waals surface area contributed by atoms with Gasteiger partial charge in [0.05, 0.1) is 44.5 Å². The summed E-state index contributed by atoms with van der Waals surface area (Å²) < 4.78 is 18.1. The number of carbonyl (C=O) groups excluding carboxylic acids is 1. The van der Waals surface area contributed by atoms with E-state index in [1.165, 1.54) is 0 Å². The maximum atomic E-state index is 13.1. The van der Waals surface area contributed by atoms with E-state index in [1.807, 2.05) is 25.1 Å². The molecule has 9 heteroatoms. The molecule has 1 N–H and O–H groups in total. The fourth-order valence-electron chi connectivity index (χ4n) is 4.53. The van der Waals surface area contributed by atoms with Crippen molar-refractivity contribution in [1.29, 1.82) is 0 Å². The first kappa shape index (κ1) is 24.7. The second kappa shape index (κ2) is 10.9. The third-order valence-electron chi connectivity index (χ3n) is 6.42. The summed E-state index contributed by atoms with van der Waals surface area (Å²) in [5.41, 5.74) is 3.17. The summed E-state index contributed by atoms with van der Waals surface area (Å²) >= 11 is 0. The monoisotopic (exact) mass is 480 g/mol. The molecule has 3 aromatic rings. The topological polar surface area (TPSA) is 94.9 Å². The van der Waals surface area contributed by atoms with Gasteiger partial charge in [0.15, 0.2) is 11.5 Å². The number of nitrogens with one attached hydrogen (secondary N) is 1. The molecule has 1 aromatic heterocycles. The summed E-state index contributed by atoms with van der Waals surface area (Å²) in [5.74, 6) is 1.11. The number of amides is 1. The highest BCUT2D eigenvalue weighted by atomic mass is 16.5. The van der Waals surface area contributed by atoms with E-state index in [0.717, 1.165) is 24.2 Å². The van der Waals surface area contributed by atoms with Crippen LogP contribution in [0.2, 0.25) is 0 Å². The van der Waals surface area contributed by atoms with Gasteiger partial charge in [-0.2, -0.15) is 0 Å². The van der Waals surface area contributed by atoms with E-state index in [-0.39, 0.29) is 17.5 Å². The lowest BCUT2D eigenvalue weighted by Crippen LogP contribution is -2.43. The summed E-state index contributed by atoms with van der Waals surface area (Å²) in [7, 11) is 3.22. The van der Waals surface area contributed by atoms with Crippen LogP contribution < -0.4 is 20.3 Å². The van der Waals surface area contributed by atoms with Crippen LogP contribution in [-0.2, 0) is 11.3 Å². The number of rotatable bonds is 8. The van der Waals surface area contributed by atoms with Crippen molar-refractivity contribution < 1.29 is 19.0 Å². The number of benzene rings is 2. The van der Waals surface area contributed by atoms with Crippen LogP contribution in [0.15, 0.2) is 41.2 Å². The molecule has 1 amide bonds. The fraction of sp³-hybridized carbons (Fsp3) is 0.423. The summed E-state index contributed by atoms with van der Waals surface area (Å²) in [5, 5.41) is 3.09. The zero-order chi connectivity index (χ0) is 24.9. The van der Waals surface area contributed by atoms with Gasteiger partial charge in [-0.05, 0) is 49.7 Å². The van der Waals surface area contributed by atoms with Gasteiger partial charge in [-0.15, -0.1) is 0 Å². The number of hydrogen-bond acceptors (Lipinski definition) is 7. The molecular weight excluding hydrogens is 448 g/mol. The largest absolute Gasteiger partial charge is 0.493 e. The molecule has 1 aliphatic heterocycles. The van der Waals surface area contributed by atoms with Crippen molar-refractivity contribution in [2.24, 2.45) is 0 Å². The van der Waals surface area contributed by atoms with Crippen LogP contribution in [-0.4, -0.2) is 67.4 Å². The predicted octanol–water partition coefficient (Wildman–Crippen LogP) is 2.55. The highest BCUT2D eigenvalue weighted by Gasteiger charge is 2.25. The molecule has 0 unspecified atom stereocenters. The van der Waals surface area contributed by atoms with Gasteiger partial charge in [0, 0.05) is 31.7 Å². The van der Waals surface area contributed by atoms with Gasteiger partial charge in [-0.25, -0.2) is 4.98 Å². The first-order valence-corrected chi connectivity index (χ1v) is 11.8. The molecule has 0 saturated carbocycles. The van der Waals surface area contributed by atoms with Crippen molar-refractivity contribution in [1.82, 2.24) is 19.8 Å². The molecule has 35 heavy (non-hydrogen) atoms. The van der Waals surface area contributed by atoms with Gasteiger partial charge < -0.3 is 24.1 Å². The van der Waals surface area contributed by atoms with Gasteiger partial charge in [0.2, 0.25) is 0 Å². The number of fused-ring (bicyclic) bond motifs is 1. The number of methoxy groups -OCH3 is 2. The van der Waals surface area contributed by atoms with Crippen LogP contribution >= 0.6 is 0 Å². The molecule has 9 nitrogen and oxygen atoms in total. The summed E-state index contributed by atoms with van der Waals surface area (Å²) in [6.07, 6.45) is 0. The first-order valence-electron chi connectivity index (χ1n) is 11.8. The Morgan fingerprint density at radius 1 is 1.11 bits per heavy atom. The highest BCUT2D eigenvalue weighted by molar-refractivity contribution is 5.97. The van der Waals surface area contributed by atoms with Gasteiger partial charge >= 0.3 is 0 Å². The van der Waals surface area contributed by atoms with Crippen molar-refractivity contribution in [2.75, 3.05) is 47.1 Å². The van der Waals surface area contributed by atoms with Crippen LogP contribution in [0.4, 0.5) is 0 Å². The summed E-state index contributed by atoms with van der Waals surface area (Å²) in [6.45, 7) is 7.38. The number of ether oxygens (including phenoxy) is 3. The SMILES string of the molecule is CCn1c(=O)c(C)nc2cc(C(=O)NC[C@@H](c3ccc(OC)c(OC)c3)N3CCOCC3)ccc21. The predicted molar refractivity (Wildman–Crippen MR) is 133 cm³/mol. The Labute approximate surface area is 204 Å². The van der Waals surface area contributed by atoms with Crippen molar-refractivity contribution in [3.8, 4) is 11.5 Å². The zero-order valence-electron chi connectivity index (χ0n) is 20.7. The zero-order valence-corrected chi connectivity index (χ0v) is 20.7. The van der Waals surface area contributed by atoms with E-state index in [2.05, 4.69) is 15.2 Å². The van der Waals surface area contributed by atoms with Gasteiger partial charge in [0.25, 0.3) is 11.5 Å². The Bertz CT molecular complexity index is 1270. The Morgan fingerprint density at radius 2 is 1.86 bits per heavy atom. The molecule has 0 spiro atoms. The maximum Gasteiger partial charge on any atom is 0.272 e. The van der Waals surface area contributed by atoms with Crippen molar-refractivity contribution in [3.05, 3.63) is 63.6 Å². The summed E-state index contributed by atoms with van der Waals surface area (Å²) in [6, 6.07) is 11.0. The minimum atomic E-state index is -0.195. The molecule has 1 saturated heterocycles. The quantitative estimate of drug-likeness (QED) is 0.529. The van der Waals surface area contributed by atoms with Gasteiger partial charge in [-0.3, -0.25) is 14.5 Å². The molecule has 0 aliphatic carbocycles. The number of nitrogens with zero attached hydrogens (tertiary/aromatic N) is 3. The maximum absolute atomic E-state index is 13.1. The van der Waals surface area contributed by atoms with Crippen molar-refractivity contribution >= 4 is 16.9 Å². The molecular formula is C26H32N4O5. The molecule has 1 fully saturated rings. The minimum Gasteiger partial charge on any atom is -0.493 e. The second-order valence-electron chi connectivity index (χ2n) is 8.44. The summed E-state index contributed by atoms with van der Waals surface area (Å²) in [4.78, 5) is 32.2. The number of hydrogen-bond donors (Lipinski definition) is 1. The lowest BCUT2D eigenvalue weighted by atomic mass is 10.0. The van der Waals surface area contributed by atoms with Crippen LogP contribution in [0.3, 0.4) is 0 Å². The Kier molecular flexibility index (Phi) is 7.67. The van der Waals surface area contributed by atoms with Crippen LogP contribution in [0.25, 0.3) is 11.0 Å². The number of morpholine rings is 1. The third kappa shape index (κ3) is 5.16. The molecule has 0 bridgehead atoms. The minimum absolute atomic E-state index is 0.0613. The number of carbonyl (C=O) groups is 1. The van der Waals surface area contributed by atoms with E-state index in [1.54, 1.807) is 43.9 Å². The number of aromatic nitrogens is 2. The molecule has 1 aliphatic rings. The van der Waals surface area contributed by atoms with E-state index < -0.39 is 0 Å². The third-order valence-corrected chi connectivity index (χ3v) is 6.42. The van der Waals surface area contributed by atoms with Gasteiger partial charge in [-0.1, -0.05) is 6.07 Å². The molecule has 4 rings (SSSR count). The Balaban J connectivity index is 1.59. The fourth-order valence-corrected chi connectivity index (χ4v) is 4.53. The van der Waals surface area contributed by atoms with Crippen molar-refractivity contribution in [2.45, 2.75) is 26.4 Å². The molecule has 1 atom stereocenters. The Hall–Kier alpha value is -3.43. The lowest BCUT2D eigenvalue weighted by Gasteiger charge is -2.35. The molecule has 2 aromatic carbocycles. The molecule has 2 heterocycles. The lowest BCUT2D eigenvalue weighted by molar-refractivity contribution is 0.0162. The van der Waals surface area contributed by atoms with Crippen LogP contribution in [0.1, 0.15) is 34.6 Å². The van der Waals surface area contributed by atoms with Crippen LogP contribution in [0.5, 0.6) is 11.5 Å². The normalized spacial score (nSPS) is 15.1. The molecule has 186 valence electrons. The van der Waals surface area contributed by atoms with E-state index in [4.69, 9.17) is 14.2 Å². The average Bonchev–Trinajstić information content (AvgIpc) is 2.89. The van der Waals surface area contributed by atoms with E-state index >= 15 is 0 Å². The number of aryl methyl sites for hydroxylation is 2. The van der Waals surface area contributed by atoms with Gasteiger partial charge in [0.1, 0.15) is 5.69 Å². The Morgan fingerprint density at radius 3 is 2.54 bits per heavy atom. The smallest absolute Gasteiger partial charge is 0.272 e. The van der Waals surface area contributed by atoms with E-state index in [0.29, 0.717) is 54.6 Å². The van der Waals surface area contributed by atoms with Crippen LogP contribution in [0, 0.1) is 6.92 Å². The standard InChI is InChI=1S/C26H32N4O5/c1-5-30-21-8-6-19(14-20(21)28-17(2)26(30)32)25(31)27-16-22(29-10-12-35-13-11-29)18-7-9-23(33-3)24(15-18)34-4/h6-9,14-15,22H,5,10-13,16H2,1-4H3,(H,27,31)/t22-/m0/s1.